The molecule has 1 amide bonds. The zero-order valence-corrected chi connectivity index (χ0v) is 10.7. The molecule has 0 spiro atoms. The zero-order chi connectivity index (χ0) is 13.9. The summed E-state index contributed by atoms with van der Waals surface area (Å²) >= 11 is 0. The molecule has 0 fully saturated rings. The molecule has 5 heteroatoms. The van der Waals surface area contributed by atoms with Crippen molar-refractivity contribution in [3.8, 4) is 0 Å². The minimum Gasteiger partial charge on any atom is -0.389 e. The van der Waals surface area contributed by atoms with E-state index in [1.807, 2.05) is 0 Å². The first-order valence-electron chi connectivity index (χ1n) is 5.71. The first-order valence-corrected chi connectivity index (χ1v) is 5.71. The molecule has 1 aromatic carbocycles. The number of rotatable bonds is 4. The fourth-order valence-electron chi connectivity index (χ4n) is 1.61. The molecular formula is C13H17F2NO2. The molecule has 3 nitrogen and oxygen atoms in total. The number of carbonyl (C=O) groups excluding carboxylic acids is 1. The highest BCUT2D eigenvalue weighted by Crippen LogP contribution is 2.13. The van der Waals surface area contributed by atoms with Gasteiger partial charge in [-0.3, -0.25) is 4.79 Å². The molecule has 0 bridgehead atoms. The van der Waals surface area contributed by atoms with Gasteiger partial charge in [0.25, 0.3) is 5.91 Å². The van der Waals surface area contributed by atoms with Crippen LogP contribution in [-0.2, 0) is 0 Å². The normalized spacial score (nSPS) is 11.4. The topological polar surface area (TPSA) is 40.5 Å². The van der Waals surface area contributed by atoms with E-state index in [0.29, 0.717) is 6.54 Å². The van der Waals surface area contributed by atoms with Gasteiger partial charge in [-0.1, -0.05) is 0 Å². The van der Waals surface area contributed by atoms with Crippen molar-refractivity contribution in [1.82, 2.24) is 4.90 Å². The van der Waals surface area contributed by atoms with Crippen LogP contribution in [0.25, 0.3) is 0 Å². The van der Waals surface area contributed by atoms with E-state index in [1.54, 1.807) is 20.8 Å². The fourth-order valence-corrected chi connectivity index (χ4v) is 1.61. The number of hydrogen-bond donors (Lipinski definition) is 1. The quantitative estimate of drug-likeness (QED) is 0.898. The van der Waals surface area contributed by atoms with Crippen LogP contribution in [0.4, 0.5) is 8.78 Å². The summed E-state index contributed by atoms with van der Waals surface area (Å²) in [6.07, 6.45) is 0. The van der Waals surface area contributed by atoms with Gasteiger partial charge < -0.3 is 10.0 Å². The predicted molar refractivity (Wildman–Crippen MR) is 64.2 cm³/mol. The zero-order valence-electron chi connectivity index (χ0n) is 10.7. The van der Waals surface area contributed by atoms with Crippen molar-refractivity contribution in [2.24, 2.45) is 0 Å². The lowest BCUT2D eigenvalue weighted by molar-refractivity contribution is 0.0314. The highest BCUT2D eigenvalue weighted by Gasteiger charge is 2.22. The Morgan fingerprint density at radius 1 is 1.33 bits per heavy atom. The van der Waals surface area contributed by atoms with Crippen molar-refractivity contribution < 1.29 is 18.7 Å². The van der Waals surface area contributed by atoms with Crippen molar-refractivity contribution in [2.45, 2.75) is 26.4 Å². The van der Waals surface area contributed by atoms with E-state index in [2.05, 4.69) is 0 Å². The lowest BCUT2D eigenvalue weighted by atomic mass is 10.1. The molecule has 0 unspecified atom stereocenters. The molecule has 0 saturated carbocycles. The average Bonchev–Trinajstić information content (AvgIpc) is 2.27. The largest absolute Gasteiger partial charge is 0.389 e. The average molecular weight is 257 g/mol. The van der Waals surface area contributed by atoms with Gasteiger partial charge in [0.2, 0.25) is 0 Å². The minimum atomic E-state index is -1.06. The van der Waals surface area contributed by atoms with Gasteiger partial charge in [-0.15, -0.1) is 0 Å². The third-order valence-electron chi connectivity index (χ3n) is 2.41. The van der Waals surface area contributed by atoms with Gasteiger partial charge in [0.05, 0.1) is 5.60 Å². The molecule has 0 aliphatic carbocycles. The first kappa shape index (κ1) is 14.6. The maximum Gasteiger partial charge on any atom is 0.254 e. The Labute approximate surface area is 105 Å². The Kier molecular flexibility index (Phi) is 4.40. The van der Waals surface area contributed by atoms with Crippen LogP contribution in [0.5, 0.6) is 0 Å². The highest BCUT2D eigenvalue weighted by molar-refractivity contribution is 5.94. The molecule has 1 N–H and O–H groups in total. The van der Waals surface area contributed by atoms with Crippen molar-refractivity contribution in [3.05, 3.63) is 35.4 Å². The number of carbonyl (C=O) groups is 1. The lowest BCUT2D eigenvalue weighted by Crippen LogP contribution is -2.42. The van der Waals surface area contributed by atoms with E-state index in [9.17, 15) is 18.7 Å². The molecule has 0 aromatic heterocycles. The molecule has 1 rings (SSSR count). The smallest absolute Gasteiger partial charge is 0.254 e. The molecule has 0 atom stereocenters. The lowest BCUT2D eigenvalue weighted by Gasteiger charge is -2.28. The van der Waals surface area contributed by atoms with Gasteiger partial charge in [0.1, 0.15) is 0 Å². The molecule has 18 heavy (non-hydrogen) atoms. The molecule has 0 saturated heterocycles. The van der Waals surface area contributed by atoms with E-state index < -0.39 is 23.1 Å². The Morgan fingerprint density at radius 2 is 1.94 bits per heavy atom. The number of halogens is 2. The SMILES string of the molecule is CCN(CC(C)(C)O)C(=O)c1ccc(F)c(F)c1. The molecule has 1 aromatic rings. The second-order valence-electron chi connectivity index (χ2n) is 4.76. The Hall–Kier alpha value is -1.49. The van der Waals surface area contributed by atoms with E-state index in [0.717, 1.165) is 12.1 Å². The van der Waals surface area contributed by atoms with Crippen molar-refractivity contribution in [3.63, 3.8) is 0 Å². The maximum absolute atomic E-state index is 13.0. The number of likely N-dealkylation sites (N-methyl/N-ethyl adjacent to an activating group) is 1. The summed E-state index contributed by atoms with van der Waals surface area (Å²) < 4.78 is 25.8. The summed E-state index contributed by atoms with van der Waals surface area (Å²) in [6.45, 7) is 5.41. The standard InChI is InChI=1S/C13H17F2NO2/c1-4-16(8-13(2,3)18)12(17)9-5-6-10(14)11(15)7-9/h5-7,18H,4,8H2,1-3H3. The summed E-state index contributed by atoms with van der Waals surface area (Å²) in [6, 6.07) is 3.01. The van der Waals surface area contributed by atoms with E-state index in [-0.39, 0.29) is 12.1 Å². The number of hydrogen-bond acceptors (Lipinski definition) is 2. The molecule has 0 heterocycles. The second kappa shape index (κ2) is 5.44. The number of amides is 1. The second-order valence-corrected chi connectivity index (χ2v) is 4.76. The van der Waals surface area contributed by atoms with Crippen molar-refractivity contribution in [1.29, 1.82) is 0 Å². The monoisotopic (exact) mass is 257 g/mol. The molecule has 0 radical (unpaired) electrons. The van der Waals surface area contributed by atoms with Gasteiger partial charge in [0, 0.05) is 18.7 Å². The molecule has 0 aliphatic heterocycles. The van der Waals surface area contributed by atoms with Crippen LogP contribution in [-0.4, -0.2) is 34.6 Å². The Bertz CT molecular complexity index is 441. The van der Waals surface area contributed by atoms with Crippen LogP contribution >= 0.6 is 0 Å². The van der Waals surface area contributed by atoms with Crippen LogP contribution in [0.2, 0.25) is 0 Å². The van der Waals surface area contributed by atoms with Gasteiger partial charge >= 0.3 is 0 Å². The summed E-state index contributed by atoms with van der Waals surface area (Å²) in [4.78, 5) is 13.4. The van der Waals surface area contributed by atoms with Crippen molar-refractivity contribution in [2.75, 3.05) is 13.1 Å². The number of benzene rings is 1. The molecular weight excluding hydrogens is 240 g/mol. The summed E-state index contributed by atoms with van der Waals surface area (Å²) in [5.41, 5.74) is -0.968. The molecule has 100 valence electrons. The van der Waals surface area contributed by atoms with Crippen LogP contribution in [0, 0.1) is 11.6 Å². The number of nitrogens with zero attached hydrogens (tertiary/aromatic N) is 1. The van der Waals surface area contributed by atoms with Gasteiger partial charge in [-0.25, -0.2) is 8.78 Å². The maximum atomic E-state index is 13.0. The summed E-state index contributed by atoms with van der Waals surface area (Å²) in [5, 5.41) is 9.69. The summed E-state index contributed by atoms with van der Waals surface area (Å²) in [5.74, 6) is -2.48. The third-order valence-corrected chi connectivity index (χ3v) is 2.41. The van der Waals surface area contributed by atoms with E-state index in [4.69, 9.17) is 0 Å². The van der Waals surface area contributed by atoms with Gasteiger partial charge in [-0.05, 0) is 39.0 Å². The van der Waals surface area contributed by atoms with Crippen molar-refractivity contribution >= 4 is 5.91 Å². The third kappa shape index (κ3) is 3.77. The Balaban J connectivity index is 2.93. The van der Waals surface area contributed by atoms with Gasteiger partial charge in [-0.2, -0.15) is 0 Å². The van der Waals surface area contributed by atoms with E-state index >= 15 is 0 Å². The van der Waals surface area contributed by atoms with Gasteiger partial charge in [0.15, 0.2) is 11.6 Å². The Morgan fingerprint density at radius 3 is 2.39 bits per heavy atom. The van der Waals surface area contributed by atoms with Crippen LogP contribution in [0.1, 0.15) is 31.1 Å². The molecule has 0 aliphatic rings. The predicted octanol–water partition coefficient (Wildman–Crippen LogP) is 2.20. The van der Waals surface area contributed by atoms with Crippen LogP contribution in [0.3, 0.4) is 0 Å². The van der Waals surface area contributed by atoms with Crippen LogP contribution < -0.4 is 0 Å². The minimum absolute atomic E-state index is 0.0694. The number of aliphatic hydroxyl groups is 1. The highest BCUT2D eigenvalue weighted by atomic mass is 19.2. The van der Waals surface area contributed by atoms with E-state index in [1.165, 1.54) is 11.0 Å². The fraction of sp³-hybridized carbons (Fsp3) is 0.462. The van der Waals surface area contributed by atoms with Crippen LogP contribution in [0.15, 0.2) is 18.2 Å². The first-order chi connectivity index (χ1) is 8.24. The summed E-state index contributed by atoms with van der Waals surface area (Å²) in [7, 11) is 0.